The molecule has 0 aliphatic carbocycles. The highest BCUT2D eigenvalue weighted by molar-refractivity contribution is 5.91. The predicted molar refractivity (Wildman–Crippen MR) is 82.0 cm³/mol. The topological polar surface area (TPSA) is 49.9 Å². The molecule has 24 heavy (non-hydrogen) atoms. The molecular formula is C17H20F2N2O3. The van der Waals surface area contributed by atoms with Gasteiger partial charge in [0.15, 0.2) is 0 Å². The van der Waals surface area contributed by atoms with Crippen LogP contribution in [0.4, 0.5) is 8.78 Å². The monoisotopic (exact) mass is 338 g/mol. The highest BCUT2D eigenvalue weighted by Gasteiger charge is 2.46. The van der Waals surface area contributed by atoms with Crippen LogP contribution in [0.3, 0.4) is 0 Å². The lowest BCUT2D eigenvalue weighted by Crippen LogP contribution is -2.43. The Labute approximate surface area is 139 Å². The van der Waals surface area contributed by atoms with Crippen LogP contribution in [0.1, 0.15) is 18.9 Å². The van der Waals surface area contributed by atoms with Gasteiger partial charge in [-0.1, -0.05) is 37.3 Å². The van der Waals surface area contributed by atoms with E-state index in [0.29, 0.717) is 13.1 Å². The smallest absolute Gasteiger partial charge is 0.336 e. The maximum absolute atomic E-state index is 12.8. The number of hydrogen-bond acceptors (Lipinski definition) is 3. The van der Waals surface area contributed by atoms with Crippen LogP contribution in [0.15, 0.2) is 30.3 Å². The average molecular weight is 338 g/mol. The summed E-state index contributed by atoms with van der Waals surface area (Å²) in [5.74, 6) is -0.742. The van der Waals surface area contributed by atoms with Crippen molar-refractivity contribution in [2.24, 2.45) is 5.92 Å². The summed E-state index contributed by atoms with van der Waals surface area (Å²) in [6.07, 6.45) is -0.681. The van der Waals surface area contributed by atoms with E-state index in [1.807, 2.05) is 30.3 Å². The lowest BCUT2D eigenvalue weighted by molar-refractivity contribution is -0.161. The molecule has 1 aromatic carbocycles. The van der Waals surface area contributed by atoms with Crippen LogP contribution in [-0.2, 0) is 20.9 Å². The zero-order valence-electron chi connectivity index (χ0n) is 13.4. The van der Waals surface area contributed by atoms with Crippen molar-refractivity contribution >= 4 is 11.8 Å². The number of benzene rings is 1. The van der Waals surface area contributed by atoms with Gasteiger partial charge in [0.05, 0.1) is 12.0 Å². The quantitative estimate of drug-likeness (QED) is 0.842. The second kappa shape index (κ2) is 6.84. The molecule has 2 amide bonds. The van der Waals surface area contributed by atoms with Gasteiger partial charge in [0.1, 0.15) is 6.04 Å². The standard InChI is InChI=1S/C17H20F2N2O3/c1-11-8-20(9-12-5-3-2-4-6-12)16(23)14-7-13(24-17(18)19)10-21(14)15(11)22/h2-6,11,13-14,17H,7-10H2,1H3/t11?,13-,14+/m1/s1. The summed E-state index contributed by atoms with van der Waals surface area (Å²) in [7, 11) is 0. The second-order valence-electron chi connectivity index (χ2n) is 6.37. The molecule has 1 unspecified atom stereocenters. The third-order valence-electron chi connectivity index (χ3n) is 4.57. The molecule has 2 aliphatic rings. The Hall–Kier alpha value is -2.02. The van der Waals surface area contributed by atoms with Gasteiger partial charge in [0, 0.05) is 26.1 Å². The summed E-state index contributed by atoms with van der Waals surface area (Å²) < 4.78 is 29.4. The van der Waals surface area contributed by atoms with Crippen LogP contribution in [-0.4, -0.2) is 53.5 Å². The van der Waals surface area contributed by atoms with E-state index in [1.165, 1.54) is 4.90 Å². The number of nitrogens with zero attached hydrogens (tertiary/aromatic N) is 2. The van der Waals surface area contributed by atoms with E-state index in [1.54, 1.807) is 11.8 Å². The molecule has 0 spiro atoms. The van der Waals surface area contributed by atoms with Crippen molar-refractivity contribution in [1.29, 1.82) is 0 Å². The number of carbonyl (C=O) groups excluding carboxylic acids is 2. The van der Waals surface area contributed by atoms with Gasteiger partial charge in [-0.25, -0.2) is 0 Å². The van der Waals surface area contributed by atoms with Gasteiger partial charge in [-0.2, -0.15) is 8.78 Å². The molecule has 3 atom stereocenters. The van der Waals surface area contributed by atoms with Crippen LogP contribution in [0, 0.1) is 5.92 Å². The Morgan fingerprint density at radius 1 is 1.17 bits per heavy atom. The van der Waals surface area contributed by atoms with Crippen molar-refractivity contribution in [3.8, 4) is 0 Å². The van der Waals surface area contributed by atoms with Gasteiger partial charge in [0.2, 0.25) is 11.8 Å². The average Bonchev–Trinajstić information content (AvgIpc) is 2.93. The lowest BCUT2D eigenvalue weighted by Gasteiger charge is -2.25. The molecule has 2 saturated heterocycles. The molecule has 7 heteroatoms. The van der Waals surface area contributed by atoms with Gasteiger partial charge in [0.25, 0.3) is 0 Å². The summed E-state index contributed by atoms with van der Waals surface area (Å²) in [4.78, 5) is 28.4. The maximum Gasteiger partial charge on any atom is 0.345 e. The van der Waals surface area contributed by atoms with Gasteiger partial charge in [-0.3, -0.25) is 9.59 Å². The van der Waals surface area contributed by atoms with E-state index in [9.17, 15) is 18.4 Å². The van der Waals surface area contributed by atoms with Crippen LogP contribution in [0.2, 0.25) is 0 Å². The number of fused-ring (bicyclic) bond motifs is 1. The number of alkyl halides is 2. The fourth-order valence-corrected chi connectivity index (χ4v) is 3.46. The molecule has 1 aromatic rings. The first kappa shape index (κ1) is 16.8. The number of halogens is 2. The minimum atomic E-state index is -2.90. The van der Waals surface area contributed by atoms with Crippen molar-refractivity contribution in [1.82, 2.24) is 9.80 Å². The van der Waals surface area contributed by atoms with Crippen LogP contribution >= 0.6 is 0 Å². The summed E-state index contributed by atoms with van der Waals surface area (Å²) in [6, 6.07) is 8.79. The van der Waals surface area contributed by atoms with Crippen LogP contribution < -0.4 is 0 Å². The molecule has 2 heterocycles. The third kappa shape index (κ3) is 3.40. The Bertz CT molecular complexity index is 611. The summed E-state index contributed by atoms with van der Waals surface area (Å²) in [5, 5.41) is 0. The normalized spacial score (nSPS) is 27.6. The van der Waals surface area contributed by atoms with E-state index in [4.69, 9.17) is 0 Å². The largest absolute Gasteiger partial charge is 0.345 e. The van der Waals surface area contributed by atoms with E-state index in [2.05, 4.69) is 4.74 Å². The van der Waals surface area contributed by atoms with E-state index in [0.717, 1.165) is 5.56 Å². The van der Waals surface area contributed by atoms with Crippen molar-refractivity contribution < 1.29 is 23.1 Å². The summed E-state index contributed by atoms with van der Waals surface area (Å²) in [5.41, 5.74) is 0.970. The van der Waals surface area contributed by atoms with Crippen LogP contribution in [0.5, 0.6) is 0 Å². The third-order valence-corrected chi connectivity index (χ3v) is 4.57. The minimum absolute atomic E-state index is 0.0447. The molecule has 3 rings (SSSR count). The second-order valence-corrected chi connectivity index (χ2v) is 6.37. The molecular weight excluding hydrogens is 318 g/mol. The van der Waals surface area contributed by atoms with Gasteiger partial charge in [-0.05, 0) is 5.56 Å². The lowest BCUT2D eigenvalue weighted by atomic mass is 10.1. The Kier molecular flexibility index (Phi) is 4.80. The number of amides is 2. The highest BCUT2D eigenvalue weighted by atomic mass is 19.3. The van der Waals surface area contributed by atoms with Gasteiger partial charge >= 0.3 is 6.61 Å². The number of rotatable bonds is 4. The zero-order chi connectivity index (χ0) is 17.3. The Morgan fingerprint density at radius 2 is 1.88 bits per heavy atom. The van der Waals surface area contributed by atoms with Crippen LogP contribution in [0.25, 0.3) is 0 Å². The SMILES string of the molecule is CC1CN(Cc2ccccc2)C(=O)[C@@H]2C[C@@H](OC(F)F)CN2C1=O. The summed E-state index contributed by atoms with van der Waals surface area (Å²) >= 11 is 0. The molecule has 0 bridgehead atoms. The fraction of sp³-hybridized carbons (Fsp3) is 0.529. The van der Waals surface area contributed by atoms with Crippen molar-refractivity contribution in [3.05, 3.63) is 35.9 Å². The molecule has 2 aliphatic heterocycles. The first-order chi connectivity index (χ1) is 11.5. The number of hydrogen-bond donors (Lipinski definition) is 0. The number of ether oxygens (including phenoxy) is 1. The van der Waals surface area contributed by atoms with Crippen molar-refractivity contribution in [3.63, 3.8) is 0 Å². The minimum Gasteiger partial charge on any atom is -0.336 e. The molecule has 0 N–H and O–H groups in total. The first-order valence-electron chi connectivity index (χ1n) is 8.02. The molecule has 2 fully saturated rings. The molecule has 5 nitrogen and oxygen atoms in total. The van der Waals surface area contributed by atoms with E-state index >= 15 is 0 Å². The molecule has 0 radical (unpaired) electrons. The van der Waals surface area contributed by atoms with Gasteiger partial charge < -0.3 is 14.5 Å². The highest BCUT2D eigenvalue weighted by Crippen LogP contribution is 2.29. The van der Waals surface area contributed by atoms with E-state index in [-0.39, 0.29) is 30.7 Å². The zero-order valence-corrected chi connectivity index (χ0v) is 13.4. The van der Waals surface area contributed by atoms with Crippen molar-refractivity contribution in [2.45, 2.75) is 38.6 Å². The molecule has 0 saturated carbocycles. The Morgan fingerprint density at radius 3 is 2.54 bits per heavy atom. The Balaban J connectivity index is 1.79. The van der Waals surface area contributed by atoms with E-state index < -0.39 is 18.8 Å². The van der Waals surface area contributed by atoms with Gasteiger partial charge in [-0.15, -0.1) is 0 Å². The molecule has 130 valence electrons. The number of carbonyl (C=O) groups is 2. The first-order valence-corrected chi connectivity index (χ1v) is 8.02. The maximum atomic E-state index is 12.8. The molecule has 0 aromatic heterocycles. The fourth-order valence-electron chi connectivity index (χ4n) is 3.46. The summed E-state index contributed by atoms with van der Waals surface area (Å²) in [6.45, 7) is -0.357. The van der Waals surface area contributed by atoms with Crippen molar-refractivity contribution in [2.75, 3.05) is 13.1 Å². The predicted octanol–water partition coefficient (Wildman–Crippen LogP) is 1.87.